The van der Waals surface area contributed by atoms with E-state index in [9.17, 15) is 4.79 Å². The summed E-state index contributed by atoms with van der Waals surface area (Å²) in [6.07, 6.45) is 5.06. The average molecular weight is 199 g/mol. The first-order valence-corrected chi connectivity index (χ1v) is 5.58. The summed E-state index contributed by atoms with van der Waals surface area (Å²) in [6.45, 7) is 3.31. The van der Waals surface area contributed by atoms with Crippen LogP contribution < -0.4 is 5.73 Å². The molecule has 0 radical (unpaired) electrons. The lowest BCUT2D eigenvalue weighted by Gasteiger charge is -2.07. The van der Waals surface area contributed by atoms with Crippen LogP contribution in [0.5, 0.6) is 0 Å². The van der Waals surface area contributed by atoms with E-state index in [-0.39, 0.29) is 5.97 Å². The summed E-state index contributed by atoms with van der Waals surface area (Å²) in [4.78, 5) is 11.2. The van der Waals surface area contributed by atoms with Gasteiger partial charge in [0.25, 0.3) is 0 Å². The predicted molar refractivity (Wildman–Crippen MR) is 55.8 cm³/mol. The predicted octanol–water partition coefficient (Wildman–Crippen LogP) is 1.70. The number of nitrogens with two attached hydrogens (primary N) is 1. The summed E-state index contributed by atoms with van der Waals surface area (Å²) >= 11 is 0. The lowest BCUT2D eigenvalue weighted by atomic mass is 10.1. The van der Waals surface area contributed by atoms with E-state index in [0.29, 0.717) is 25.5 Å². The monoisotopic (exact) mass is 199 g/mol. The average Bonchev–Trinajstić information content (AvgIpc) is 2.98. The maximum absolute atomic E-state index is 11.2. The molecule has 0 aromatic rings. The van der Waals surface area contributed by atoms with Crippen LogP contribution in [0, 0.1) is 11.8 Å². The van der Waals surface area contributed by atoms with Gasteiger partial charge in [-0.3, -0.25) is 4.79 Å². The van der Waals surface area contributed by atoms with Crippen molar-refractivity contribution in [3.63, 3.8) is 0 Å². The van der Waals surface area contributed by atoms with Crippen LogP contribution in [0.15, 0.2) is 0 Å². The molecule has 1 aliphatic carbocycles. The van der Waals surface area contributed by atoms with Gasteiger partial charge < -0.3 is 10.5 Å². The Balaban J connectivity index is 1.92. The minimum absolute atomic E-state index is 0.0639. The molecule has 0 amide bonds. The quantitative estimate of drug-likeness (QED) is 0.635. The van der Waals surface area contributed by atoms with Crippen LogP contribution in [0.25, 0.3) is 0 Å². The molecule has 1 unspecified atom stereocenters. The lowest BCUT2D eigenvalue weighted by molar-refractivity contribution is -0.144. The van der Waals surface area contributed by atoms with Crippen LogP contribution in [0.1, 0.15) is 39.0 Å². The fraction of sp³-hybridized carbons (Fsp3) is 0.909. The Morgan fingerprint density at radius 3 is 2.86 bits per heavy atom. The minimum Gasteiger partial charge on any atom is -0.466 e. The Morgan fingerprint density at radius 2 is 2.29 bits per heavy atom. The SMILES string of the molecule is CC(CN)CCC(=O)OCCC1CC1. The minimum atomic E-state index is -0.0639. The van der Waals surface area contributed by atoms with E-state index in [1.165, 1.54) is 12.8 Å². The third-order valence-corrected chi connectivity index (χ3v) is 2.73. The van der Waals surface area contributed by atoms with Gasteiger partial charge in [0.1, 0.15) is 0 Å². The number of hydrogen-bond acceptors (Lipinski definition) is 3. The Bertz CT molecular complexity index is 178. The Morgan fingerprint density at radius 1 is 1.57 bits per heavy atom. The summed E-state index contributed by atoms with van der Waals surface area (Å²) in [7, 11) is 0. The number of esters is 1. The van der Waals surface area contributed by atoms with E-state index >= 15 is 0 Å². The summed E-state index contributed by atoms with van der Waals surface area (Å²) in [6, 6.07) is 0. The molecular weight excluding hydrogens is 178 g/mol. The summed E-state index contributed by atoms with van der Waals surface area (Å²) in [5.41, 5.74) is 5.45. The van der Waals surface area contributed by atoms with Crippen LogP contribution in [-0.2, 0) is 9.53 Å². The van der Waals surface area contributed by atoms with Gasteiger partial charge in [-0.2, -0.15) is 0 Å². The third kappa shape index (κ3) is 5.22. The Kier molecular flexibility index (Phi) is 4.94. The van der Waals surface area contributed by atoms with Crippen molar-refractivity contribution in [2.75, 3.05) is 13.2 Å². The molecular formula is C11H21NO2. The van der Waals surface area contributed by atoms with Crippen molar-refractivity contribution in [2.24, 2.45) is 17.6 Å². The van der Waals surface area contributed by atoms with E-state index in [0.717, 1.165) is 18.8 Å². The molecule has 1 atom stereocenters. The Labute approximate surface area is 86.0 Å². The molecule has 1 aliphatic rings. The molecule has 3 nitrogen and oxygen atoms in total. The topological polar surface area (TPSA) is 52.3 Å². The van der Waals surface area contributed by atoms with E-state index in [4.69, 9.17) is 10.5 Å². The molecule has 1 fully saturated rings. The summed E-state index contributed by atoms with van der Waals surface area (Å²) in [5.74, 6) is 1.20. The van der Waals surface area contributed by atoms with Gasteiger partial charge in [-0.1, -0.05) is 19.8 Å². The summed E-state index contributed by atoms with van der Waals surface area (Å²) < 4.78 is 5.11. The van der Waals surface area contributed by atoms with Crippen molar-refractivity contribution in [3.8, 4) is 0 Å². The van der Waals surface area contributed by atoms with Crippen molar-refractivity contribution in [1.29, 1.82) is 0 Å². The van der Waals surface area contributed by atoms with Crippen LogP contribution in [0.2, 0.25) is 0 Å². The van der Waals surface area contributed by atoms with Gasteiger partial charge in [-0.05, 0) is 31.2 Å². The van der Waals surface area contributed by atoms with Crippen molar-refractivity contribution in [3.05, 3.63) is 0 Å². The van der Waals surface area contributed by atoms with Crippen molar-refractivity contribution in [1.82, 2.24) is 0 Å². The van der Waals surface area contributed by atoms with Crippen LogP contribution in [0.4, 0.5) is 0 Å². The maximum atomic E-state index is 11.2. The van der Waals surface area contributed by atoms with Gasteiger partial charge in [-0.15, -0.1) is 0 Å². The lowest BCUT2D eigenvalue weighted by Crippen LogP contribution is -2.13. The van der Waals surface area contributed by atoms with Crippen molar-refractivity contribution >= 4 is 5.97 Å². The highest BCUT2D eigenvalue weighted by atomic mass is 16.5. The number of rotatable bonds is 7. The number of hydrogen-bond donors (Lipinski definition) is 1. The second-order valence-electron chi connectivity index (χ2n) is 4.33. The largest absolute Gasteiger partial charge is 0.466 e. The molecule has 3 heteroatoms. The van der Waals surface area contributed by atoms with Gasteiger partial charge in [0.05, 0.1) is 6.61 Å². The molecule has 0 bridgehead atoms. The first-order valence-electron chi connectivity index (χ1n) is 5.58. The molecule has 0 heterocycles. The molecule has 82 valence electrons. The molecule has 0 saturated heterocycles. The van der Waals surface area contributed by atoms with E-state index < -0.39 is 0 Å². The number of carbonyl (C=O) groups excluding carboxylic acids is 1. The highest BCUT2D eigenvalue weighted by Crippen LogP contribution is 2.32. The number of ether oxygens (including phenoxy) is 1. The van der Waals surface area contributed by atoms with E-state index in [2.05, 4.69) is 6.92 Å². The van der Waals surface area contributed by atoms with E-state index in [1.54, 1.807) is 0 Å². The molecule has 14 heavy (non-hydrogen) atoms. The molecule has 1 rings (SSSR count). The maximum Gasteiger partial charge on any atom is 0.305 e. The molecule has 0 aromatic heterocycles. The highest BCUT2D eigenvalue weighted by molar-refractivity contribution is 5.69. The van der Waals surface area contributed by atoms with Crippen molar-refractivity contribution < 1.29 is 9.53 Å². The third-order valence-electron chi connectivity index (χ3n) is 2.73. The van der Waals surface area contributed by atoms with Gasteiger partial charge in [0, 0.05) is 6.42 Å². The first kappa shape index (κ1) is 11.5. The normalized spacial score (nSPS) is 17.9. The van der Waals surface area contributed by atoms with Gasteiger partial charge in [-0.25, -0.2) is 0 Å². The molecule has 1 saturated carbocycles. The first-order chi connectivity index (χ1) is 6.72. The van der Waals surface area contributed by atoms with Gasteiger partial charge in [0.2, 0.25) is 0 Å². The number of carbonyl (C=O) groups is 1. The zero-order valence-electron chi connectivity index (χ0n) is 9.00. The fourth-order valence-electron chi connectivity index (χ4n) is 1.30. The van der Waals surface area contributed by atoms with E-state index in [1.807, 2.05) is 0 Å². The van der Waals surface area contributed by atoms with Crippen LogP contribution in [-0.4, -0.2) is 19.1 Å². The molecule has 2 N–H and O–H groups in total. The Hall–Kier alpha value is -0.570. The standard InChI is InChI=1S/C11H21NO2/c1-9(8-12)2-5-11(13)14-7-6-10-3-4-10/h9-10H,2-8,12H2,1H3. The van der Waals surface area contributed by atoms with Gasteiger partial charge in [0.15, 0.2) is 0 Å². The zero-order chi connectivity index (χ0) is 10.4. The smallest absolute Gasteiger partial charge is 0.305 e. The van der Waals surface area contributed by atoms with Gasteiger partial charge >= 0.3 is 5.97 Å². The second kappa shape index (κ2) is 6.02. The fourth-order valence-corrected chi connectivity index (χ4v) is 1.30. The van der Waals surface area contributed by atoms with Crippen LogP contribution >= 0.6 is 0 Å². The zero-order valence-corrected chi connectivity index (χ0v) is 9.00. The van der Waals surface area contributed by atoms with Crippen molar-refractivity contribution in [2.45, 2.75) is 39.0 Å². The highest BCUT2D eigenvalue weighted by Gasteiger charge is 2.21. The van der Waals surface area contributed by atoms with Crippen LogP contribution in [0.3, 0.4) is 0 Å². The molecule has 0 aliphatic heterocycles. The molecule has 0 aromatic carbocycles. The molecule has 0 spiro atoms. The second-order valence-corrected chi connectivity index (χ2v) is 4.33. The summed E-state index contributed by atoms with van der Waals surface area (Å²) in [5, 5.41) is 0.